The maximum absolute atomic E-state index is 12.7. The van der Waals surface area contributed by atoms with Gasteiger partial charge in [0.25, 0.3) is 0 Å². The molecule has 0 radical (unpaired) electrons. The van der Waals surface area contributed by atoms with Gasteiger partial charge in [-0.25, -0.2) is 0 Å². The minimum atomic E-state index is -0.0261. The van der Waals surface area contributed by atoms with Gasteiger partial charge in [0.15, 0.2) is 5.82 Å². The minimum absolute atomic E-state index is 0.0261. The predicted octanol–water partition coefficient (Wildman–Crippen LogP) is 4.29. The fourth-order valence-corrected chi connectivity index (χ4v) is 4.01. The lowest BCUT2D eigenvalue weighted by Crippen LogP contribution is -2.43. The van der Waals surface area contributed by atoms with E-state index < -0.39 is 0 Å². The van der Waals surface area contributed by atoms with Crippen LogP contribution in [-0.2, 0) is 11.3 Å². The van der Waals surface area contributed by atoms with Crippen molar-refractivity contribution in [2.75, 3.05) is 18.0 Å². The molecule has 5 nitrogen and oxygen atoms in total. The van der Waals surface area contributed by atoms with Gasteiger partial charge in [-0.3, -0.25) is 4.79 Å². The van der Waals surface area contributed by atoms with Crippen LogP contribution in [-0.4, -0.2) is 29.2 Å². The number of aryl methyl sites for hydroxylation is 2. The highest BCUT2D eigenvalue weighted by Gasteiger charge is 2.26. The Morgan fingerprint density at radius 2 is 1.83 bits per heavy atom. The van der Waals surface area contributed by atoms with Crippen LogP contribution < -0.4 is 10.2 Å². The summed E-state index contributed by atoms with van der Waals surface area (Å²) < 4.78 is 0. The van der Waals surface area contributed by atoms with Crippen LogP contribution in [0.15, 0.2) is 60.7 Å². The Hall–Kier alpha value is -3.21. The number of benzene rings is 2. The summed E-state index contributed by atoms with van der Waals surface area (Å²) in [6.07, 6.45) is 1.88. The van der Waals surface area contributed by atoms with Crippen molar-refractivity contribution < 1.29 is 4.79 Å². The Bertz CT molecular complexity index is 1020. The van der Waals surface area contributed by atoms with Gasteiger partial charge in [0, 0.05) is 25.2 Å². The number of hydrogen-bond acceptors (Lipinski definition) is 4. The van der Waals surface area contributed by atoms with Crippen LogP contribution in [0.3, 0.4) is 0 Å². The molecule has 5 heteroatoms. The van der Waals surface area contributed by atoms with Gasteiger partial charge in [0.05, 0.1) is 11.6 Å². The molecule has 1 aliphatic rings. The van der Waals surface area contributed by atoms with E-state index in [1.165, 1.54) is 11.1 Å². The first-order chi connectivity index (χ1) is 14.6. The number of nitrogens with one attached hydrogen (secondary N) is 1. The summed E-state index contributed by atoms with van der Waals surface area (Å²) in [5.41, 5.74) is 5.48. The molecule has 4 rings (SSSR count). The van der Waals surface area contributed by atoms with Gasteiger partial charge >= 0.3 is 0 Å². The first kappa shape index (κ1) is 20.1. The van der Waals surface area contributed by atoms with E-state index in [2.05, 4.69) is 58.5 Å². The summed E-state index contributed by atoms with van der Waals surface area (Å²) in [6.45, 7) is 6.29. The molecule has 1 saturated heterocycles. The highest BCUT2D eigenvalue weighted by molar-refractivity contribution is 5.79. The van der Waals surface area contributed by atoms with Crippen molar-refractivity contribution in [2.24, 2.45) is 5.92 Å². The van der Waals surface area contributed by atoms with Crippen molar-refractivity contribution in [1.82, 2.24) is 15.5 Å². The summed E-state index contributed by atoms with van der Waals surface area (Å²) in [4.78, 5) is 14.9. The number of aromatic nitrogens is 2. The average molecular weight is 401 g/mol. The molecule has 1 aromatic heterocycles. The number of anilines is 1. The summed E-state index contributed by atoms with van der Waals surface area (Å²) in [5.74, 6) is 0.926. The number of carbonyl (C=O) groups is 1. The number of carbonyl (C=O) groups excluding carboxylic acids is 1. The van der Waals surface area contributed by atoms with Crippen molar-refractivity contribution >= 4 is 11.7 Å². The molecule has 1 aliphatic heterocycles. The second kappa shape index (κ2) is 9.08. The van der Waals surface area contributed by atoms with Crippen LogP contribution >= 0.6 is 0 Å². The number of rotatable bonds is 5. The Kier molecular flexibility index (Phi) is 6.07. The van der Waals surface area contributed by atoms with Gasteiger partial charge in [0.2, 0.25) is 5.91 Å². The highest BCUT2D eigenvalue weighted by Crippen LogP contribution is 2.24. The van der Waals surface area contributed by atoms with Crippen molar-refractivity contribution in [1.29, 1.82) is 0 Å². The van der Waals surface area contributed by atoms with Crippen molar-refractivity contribution in [3.05, 3.63) is 77.4 Å². The third-order valence-electron chi connectivity index (χ3n) is 5.63. The summed E-state index contributed by atoms with van der Waals surface area (Å²) in [7, 11) is 0. The van der Waals surface area contributed by atoms with Crippen molar-refractivity contribution in [2.45, 2.75) is 33.2 Å². The molecule has 0 aliphatic carbocycles. The summed E-state index contributed by atoms with van der Waals surface area (Å²) in [5, 5.41) is 12.0. The fourth-order valence-electron chi connectivity index (χ4n) is 4.01. The Morgan fingerprint density at radius 3 is 2.57 bits per heavy atom. The van der Waals surface area contributed by atoms with E-state index in [1.807, 2.05) is 36.4 Å². The zero-order valence-corrected chi connectivity index (χ0v) is 17.6. The molecule has 30 heavy (non-hydrogen) atoms. The number of amides is 1. The third kappa shape index (κ3) is 4.85. The van der Waals surface area contributed by atoms with E-state index in [4.69, 9.17) is 0 Å². The molecule has 1 atom stereocenters. The van der Waals surface area contributed by atoms with Crippen LogP contribution in [0.25, 0.3) is 11.3 Å². The third-order valence-corrected chi connectivity index (χ3v) is 5.63. The number of piperidine rings is 1. The summed E-state index contributed by atoms with van der Waals surface area (Å²) >= 11 is 0. The second-order valence-electron chi connectivity index (χ2n) is 8.14. The van der Waals surface area contributed by atoms with Crippen LogP contribution in [0, 0.1) is 19.8 Å². The zero-order valence-electron chi connectivity index (χ0n) is 17.6. The smallest absolute Gasteiger partial charge is 0.225 e. The van der Waals surface area contributed by atoms with E-state index in [0.29, 0.717) is 13.1 Å². The average Bonchev–Trinajstić information content (AvgIpc) is 2.78. The van der Waals surface area contributed by atoms with E-state index >= 15 is 0 Å². The van der Waals surface area contributed by atoms with Crippen LogP contribution in [0.4, 0.5) is 5.82 Å². The van der Waals surface area contributed by atoms with E-state index in [-0.39, 0.29) is 11.8 Å². The normalized spacial score (nSPS) is 16.3. The first-order valence-electron chi connectivity index (χ1n) is 10.6. The zero-order chi connectivity index (χ0) is 20.9. The quantitative estimate of drug-likeness (QED) is 0.694. The molecular formula is C25H28N4O. The summed E-state index contributed by atoms with van der Waals surface area (Å²) in [6, 6.07) is 20.5. The first-order valence-corrected chi connectivity index (χ1v) is 10.6. The van der Waals surface area contributed by atoms with E-state index in [0.717, 1.165) is 42.0 Å². The molecule has 1 fully saturated rings. The molecule has 1 amide bonds. The van der Waals surface area contributed by atoms with Crippen LogP contribution in [0.2, 0.25) is 0 Å². The maximum atomic E-state index is 12.7. The standard InChI is InChI=1S/C25H28N4O/c1-18-6-3-8-20(14-18)16-26-25(30)22-10-5-13-29(17-22)24-12-11-23(27-28-24)21-9-4-7-19(2)15-21/h3-4,6-9,11-12,14-15,22H,5,10,13,16-17H2,1-2H3,(H,26,30)/t22-/m0/s1. The number of hydrogen-bond donors (Lipinski definition) is 1. The molecular weight excluding hydrogens is 372 g/mol. The number of nitrogens with zero attached hydrogens (tertiary/aromatic N) is 3. The molecule has 0 spiro atoms. The molecule has 0 unspecified atom stereocenters. The van der Waals surface area contributed by atoms with Gasteiger partial charge < -0.3 is 10.2 Å². The van der Waals surface area contributed by atoms with Gasteiger partial charge in [-0.2, -0.15) is 0 Å². The van der Waals surface area contributed by atoms with Gasteiger partial charge in [0.1, 0.15) is 0 Å². The molecule has 0 bridgehead atoms. The Morgan fingerprint density at radius 1 is 1.03 bits per heavy atom. The van der Waals surface area contributed by atoms with Crippen LogP contribution in [0.1, 0.15) is 29.5 Å². The monoisotopic (exact) mass is 400 g/mol. The van der Waals surface area contributed by atoms with Gasteiger partial charge in [-0.15, -0.1) is 10.2 Å². The topological polar surface area (TPSA) is 58.1 Å². The van der Waals surface area contributed by atoms with Crippen LogP contribution in [0.5, 0.6) is 0 Å². The molecule has 3 aromatic rings. The lowest BCUT2D eigenvalue weighted by molar-refractivity contribution is -0.125. The molecule has 0 saturated carbocycles. The van der Waals surface area contributed by atoms with Gasteiger partial charge in [-0.1, -0.05) is 53.6 Å². The molecule has 154 valence electrons. The molecule has 1 N–H and O–H groups in total. The van der Waals surface area contributed by atoms with Crippen molar-refractivity contribution in [3.63, 3.8) is 0 Å². The lowest BCUT2D eigenvalue weighted by Gasteiger charge is -2.32. The Labute approximate surface area is 178 Å². The van der Waals surface area contributed by atoms with E-state index in [1.54, 1.807) is 0 Å². The maximum Gasteiger partial charge on any atom is 0.225 e. The molecule has 2 heterocycles. The Balaban J connectivity index is 1.38. The second-order valence-corrected chi connectivity index (χ2v) is 8.14. The largest absolute Gasteiger partial charge is 0.354 e. The SMILES string of the molecule is Cc1cccc(CNC(=O)[C@H]2CCCN(c3ccc(-c4cccc(C)c4)nn3)C2)c1. The van der Waals surface area contributed by atoms with Crippen molar-refractivity contribution in [3.8, 4) is 11.3 Å². The van der Waals surface area contributed by atoms with E-state index in [9.17, 15) is 4.79 Å². The van der Waals surface area contributed by atoms with Gasteiger partial charge in [-0.05, 0) is 50.5 Å². The lowest BCUT2D eigenvalue weighted by atomic mass is 9.97. The molecule has 2 aromatic carbocycles. The minimum Gasteiger partial charge on any atom is -0.354 e. The fraction of sp³-hybridized carbons (Fsp3) is 0.320. The predicted molar refractivity (Wildman–Crippen MR) is 120 cm³/mol. The highest BCUT2D eigenvalue weighted by atomic mass is 16.1.